The maximum absolute atomic E-state index is 6.24. The maximum atomic E-state index is 6.24. The van der Waals surface area contributed by atoms with Gasteiger partial charge in [-0.2, -0.15) is 5.10 Å². The molecule has 3 N–H and O–H groups in total. The van der Waals surface area contributed by atoms with Crippen molar-refractivity contribution in [1.29, 1.82) is 0 Å². The van der Waals surface area contributed by atoms with E-state index in [1.165, 1.54) is 19.3 Å². The van der Waals surface area contributed by atoms with Crippen molar-refractivity contribution >= 4 is 17.2 Å². The van der Waals surface area contributed by atoms with E-state index in [1.807, 2.05) is 25.5 Å². The molecule has 0 aromatic carbocycles. The van der Waals surface area contributed by atoms with Crippen molar-refractivity contribution in [2.24, 2.45) is 18.7 Å². The van der Waals surface area contributed by atoms with E-state index in [2.05, 4.69) is 29.2 Å². The second kappa shape index (κ2) is 7.03. The van der Waals surface area contributed by atoms with Gasteiger partial charge in [0.15, 0.2) is 5.82 Å². The Morgan fingerprint density at radius 1 is 1.38 bits per heavy atom. The van der Waals surface area contributed by atoms with Gasteiger partial charge in [-0.15, -0.1) is 0 Å². The van der Waals surface area contributed by atoms with Crippen LogP contribution >= 0.6 is 0 Å². The van der Waals surface area contributed by atoms with Gasteiger partial charge in [0.2, 0.25) is 0 Å². The molecule has 0 atom stereocenters. The highest BCUT2D eigenvalue weighted by molar-refractivity contribution is 5.72. The third-order valence-electron chi connectivity index (χ3n) is 4.69. The van der Waals surface area contributed by atoms with Crippen LogP contribution in [-0.2, 0) is 7.05 Å². The van der Waals surface area contributed by atoms with Gasteiger partial charge in [0.25, 0.3) is 0 Å². The number of nitrogens with one attached hydrogen (secondary N) is 1. The van der Waals surface area contributed by atoms with Gasteiger partial charge in [0, 0.05) is 19.2 Å². The molecule has 24 heavy (non-hydrogen) atoms. The Labute approximate surface area is 143 Å². The summed E-state index contributed by atoms with van der Waals surface area (Å²) in [6.07, 6.45) is 12.1. The lowest BCUT2D eigenvalue weighted by atomic mass is 9.72. The lowest BCUT2D eigenvalue weighted by molar-refractivity contribution is 0.251. The molecule has 0 saturated heterocycles. The van der Waals surface area contributed by atoms with Gasteiger partial charge in [0.1, 0.15) is 5.69 Å². The molecule has 0 amide bonds. The standard InChI is InChI=1S/C18H26N6/c1-4-6-15(19)17-18(22-14-9-21-24(3)11-14)20-10-16(23-17)13-7-12(5-2)8-13/h6,9-13H,4-5,7-8,19H2,1-3H3,(H,20,22). The fraction of sp³-hybridized carbons (Fsp3) is 0.500. The van der Waals surface area contributed by atoms with E-state index >= 15 is 0 Å². The van der Waals surface area contributed by atoms with Crippen LogP contribution < -0.4 is 11.1 Å². The highest BCUT2D eigenvalue weighted by Gasteiger charge is 2.30. The summed E-state index contributed by atoms with van der Waals surface area (Å²) in [5.41, 5.74) is 9.58. The predicted molar refractivity (Wildman–Crippen MR) is 96.7 cm³/mol. The molecule has 6 nitrogen and oxygen atoms in total. The molecular weight excluding hydrogens is 300 g/mol. The Morgan fingerprint density at radius 2 is 2.17 bits per heavy atom. The van der Waals surface area contributed by atoms with Crippen LogP contribution in [0.3, 0.4) is 0 Å². The fourth-order valence-electron chi connectivity index (χ4n) is 3.14. The fourth-order valence-corrected chi connectivity index (χ4v) is 3.14. The van der Waals surface area contributed by atoms with Crippen LogP contribution in [0.1, 0.15) is 56.8 Å². The minimum Gasteiger partial charge on any atom is -0.397 e. The van der Waals surface area contributed by atoms with Gasteiger partial charge in [-0.3, -0.25) is 4.68 Å². The van der Waals surface area contributed by atoms with Crippen molar-refractivity contribution in [3.05, 3.63) is 36.1 Å². The SMILES string of the molecule is CCC=C(N)c1nc(C2CC(CC)C2)cnc1Nc1cnn(C)c1. The molecule has 0 aliphatic heterocycles. The first-order valence-electron chi connectivity index (χ1n) is 8.69. The Bertz CT molecular complexity index is 727. The van der Waals surface area contributed by atoms with Crippen LogP contribution in [-0.4, -0.2) is 19.7 Å². The number of nitrogens with two attached hydrogens (primary N) is 1. The topological polar surface area (TPSA) is 81.7 Å². The number of rotatable bonds is 6. The van der Waals surface area contributed by atoms with Crippen molar-refractivity contribution in [3.63, 3.8) is 0 Å². The summed E-state index contributed by atoms with van der Waals surface area (Å²) in [5, 5.41) is 7.45. The molecule has 2 aromatic heterocycles. The van der Waals surface area contributed by atoms with Crippen LogP contribution in [0.2, 0.25) is 0 Å². The lowest BCUT2D eigenvalue weighted by Gasteiger charge is -2.34. The van der Waals surface area contributed by atoms with Crippen LogP contribution in [0.15, 0.2) is 24.7 Å². The third-order valence-corrected chi connectivity index (χ3v) is 4.69. The summed E-state index contributed by atoms with van der Waals surface area (Å²) in [6, 6.07) is 0. The third kappa shape index (κ3) is 3.42. The molecule has 1 fully saturated rings. The van der Waals surface area contributed by atoms with Gasteiger partial charge in [-0.25, -0.2) is 9.97 Å². The average molecular weight is 326 g/mol. The minimum absolute atomic E-state index is 0.517. The monoisotopic (exact) mass is 326 g/mol. The number of allylic oxidation sites excluding steroid dienone is 1. The molecule has 128 valence electrons. The molecule has 0 radical (unpaired) electrons. The molecule has 0 bridgehead atoms. The number of aromatic nitrogens is 4. The number of hydrogen-bond donors (Lipinski definition) is 2. The molecular formula is C18H26N6. The van der Waals surface area contributed by atoms with Crippen molar-refractivity contribution in [2.45, 2.75) is 45.4 Å². The minimum atomic E-state index is 0.517. The number of aryl methyl sites for hydroxylation is 1. The Morgan fingerprint density at radius 3 is 2.79 bits per heavy atom. The maximum Gasteiger partial charge on any atom is 0.158 e. The molecule has 3 rings (SSSR count). The Kier molecular flexibility index (Phi) is 4.83. The summed E-state index contributed by atoms with van der Waals surface area (Å²) in [5.74, 6) is 2.03. The summed E-state index contributed by atoms with van der Waals surface area (Å²) in [4.78, 5) is 9.45. The first kappa shape index (κ1) is 16.5. The lowest BCUT2D eigenvalue weighted by Crippen LogP contribution is -2.23. The largest absolute Gasteiger partial charge is 0.397 e. The molecule has 0 spiro atoms. The molecule has 2 aromatic rings. The van der Waals surface area contributed by atoms with E-state index in [0.29, 0.717) is 17.4 Å². The van der Waals surface area contributed by atoms with Crippen LogP contribution in [0.4, 0.5) is 11.5 Å². The van der Waals surface area contributed by atoms with Gasteiger partial charge < -0.3 is 11.1 Å². The van der Waals surface area contributed by atoms with Gasteiger partial charge in [-0.05, 0) is 25.2 Å². The zero-order valence-electron chi connectivity index (χ0n) is 14.7. The van der Waals surface area contributed by atoms with Crippen molar-refractivity contribution in [2.75, 3.05) is 5.32 Å². The van der Waals surface area contributed by atoms with Crippen LogP contribution in [0, 0.1) is 5.92 Å². The van der Waals surface area contributed by atoms with E-state index < -0.39 is 0 Å². The van der Waals surface area contributed by atoms with E-state index in [9.17, 15) is 0 Å². The second-order valence-electron chi connectivity index (χ2n) is 6.53. The summed E-state index contributed by atoms with van der Waals surface area (Å²) in [6.45, 7) is 4.32. The second-order valence-corrected chi connectivity index (χ2v) is 6.53. The highest BCUT2D eigenvalue weighted by Crippen LogP contribution is 2.42. The number of nitrogens with zero attached hydrogens (tertiary/aromatic N) is 4. The van der Waals surface area contributed by atoms with E-state index in [-0.39, 0.29) is 0 Å². The summed E-state index contributed by atoms with van der Waals surface area (Å²) >= 11 is 0. The van der Waals surface area contributed by atoms with E-state index in [0.717, 1.165) is 29.4 Å². The quantitative estimate of drug-likeness (QED) is 0.848. The van der Waals surface area contributed by atoms with Crippen molar-refractivity contribution < 1.29 is 0 Å². The number of anilines is 2. The Balaban J connectivity index is 1.88. The van der Waals surface area contributed by atoms with E-state index in [4.69, 9.17) is 10.7 Å². The zero-order valence-corrected chi connectivity index (χ0v) is 14.7. The first-order chi connectivity index (χ1) is 11.6. The number of hydrogen-bond acceptors (Lipinski definition) is 5. The normalized spacial score (nSPS) is 20.7. The molecule has 6 heteroatoms. The average Bonchev–Trinajstić information content (AvgIpc) is 2.93. The predicted octanol–water partition coefficient (Wildman–Crippen LogP) is 3.57. The van der Waals surface area contributed by atoms with Crippen molar-refractivity contribution in [1.82, 2.24) is 19.7 Å². The molecule has 1 saturated carbocycles. The molecule has 2 heterocycles. The molecule has 1 aliphatic rings. The summed E-state index contributed by atoms with van der Waals surface area (Å²) < 4.78 is 1.74. The van der Waals surface area contributed by atoms with E-state index in [1.54, 1.807) is 10.9 Å². The Hall–Kier alpha value is -2.37. The first-order valence-corrected chi connectivity index (χ1v) is 8.69. The zero-order chi connectivity index (χ0) is 17.1. The molecule has 0 unspecified atom stereocenters. The highest BCUT2D eigenvalue weighted by atomic mass is 15.3. The van der Waals surface area contributed by atoms with Gasteiger partial charge in [0.05, 0.1) is 29.5 Å². The van der Waals surface area contributed by atoms with Crippen molar-refractivity contribution in [3.8, 4) is 0 Å². The van der Waals surface area contributed by atoms with Gasteiger partial charge >= 0.3 is 0 Å². The molecule has 1 aliphatic carbocycles. The summed E-state index contributed by atoms with van der Waals surface area (Å²) in [7, 11) is 1.88. The smallest absolute Gasteiger partial charge is 0.158 e. The van der Waals surface area contributed by atoms with Crippen LogP contribution in [0.25, 0.3) is 5.70 Å². The van der Waals surface area contributed by atoms with Gasteiger partial charge in [-0.1, -0.05) is 26.3 Å². The van der Waals surface area contributed by atoms with Crippen LogP contribution in [0.5, 0.6) is 0 Å².